The van der Waals surface area contributed by atoms with Gasteiger partial charge in [-0.1, -0.05) is 40.7 Å². The van der Waals surface area contributed by atoms with Crippen molar-refractivity contribution in [3.8, 4) is 5.75 Å². The zero-order valence-corrected chi connectivity index (χ0v) is 12.5. The maximum Gasteiger partial charge on any atom is 0.146 e. The molecule has 0 spiro atoms. The number of nitrogens with one attached hydrogen (secondary N) is 1. The highest BCUT2D eigenvalue weighted by atomic mass is 79.9. The van der Waals surface area contributed by atoms with E-state index in [1.54, 1.807) is 18.2 Å². The molecule has 4 heteroatoms. The topological polar surface area (TPSA) is 21.3 Å². The first-order chi connectivity index (χ1) is 9.69. The van der Waals surface area contributed by atoms with E-state index in [9.17, 15) is 4.39 Å². The van der Waals surface area contributed by atoms with Gasteiger partial charge in [-0.15, -0.1) is 0 Å². The Morgan fingerprint density at radius 3 is 2.65 bits per heavy atom. The first-order valence-electron chi connectivity index (χ1n) is 6.20. The van der Waals surface area contributed by atoms with Gasteiger partial charge in [0.1, 0.15) is 18.2 Å². The minimum absolute atomic E-state index is 0.265. The van der Waals surface area contributed by atoms with Gasteiger partial charge < -0.3 is 10.1 Å². The second-order valence-electron chi connectivity index (χ2n) is 4.22. The van der Waals surface area contributed by atoms with Gasteiger partial charge in [0.15, 0.2) is 0 Å². The van der Waals surface area contributed by atoms with E-state index in [1.807, 2.05) is 24.3 Å². The van der Waals surface area contributed by atoms with Crippen LogP contribution in [0.4, 0.5) is 10.1 Å². The number of halogens is 2. The quantitative estimate of drug-likeness (QED) is 0.768. The van der Waals surface area contributed by atoms with Crippen molar-refractivity contribution in [2.45, 2.75) is 6.54 Å². The van der Waals surface area contributed by atoms with Crippen LogP contribution in [0.1, 0.15) is 5.56 Å². The molecule has 0 aliphatic carbocycles. The molecule has 2 aromatic rings. The first kappa shape index (κ1) is 14.6. The Morgan fingerprint density at radius 2 is 1.95 bits per heavy atom. The van der Waals surface area contributed by atoms with E-state index in [4.69, 9.17) is 4.74 Å². The number of anilines is 1. The molecule has 0 unspecified atom stereocenters. The fourth-order valence-electron chi connectivity index (χ4n) is 1.69. The number of hydrogen-bond donors (Lipinski definition) is 1. The maximum atomic E-state index is 13.6. The van der Waals surface area contributed by atoms with Crippen LogP contribution in [0.2, 0.25) is 0 Å². The average Bonchev–Trinajstić information content (AvgIpc) is 2.47. The van der Waals surface area contributed by atoms with Gasteiger partial charge in [-0.3, -0.25) is 0 Å². The van der Waals surface area contributed by atoms with Crippen LogP contribution in [0, 0.1) is 5.82 Å². The van der Waals surface area contributed by atoms with E-state index >= 15 is 0 Å². The largest absolute Gasteiger partial charge is 0.490 e. The molecule has 0 atom stereocenters. The van der Waals surface area contributed by atoms with Crippen molar-refractivity contribution in [3.05, 3.63) is 71.0 Å². The highest BCUT2D eigenvalue weighted by Gasteiger charge is 2.02. The van der Waals surface area contributed by atoms with Gasteiger partial charge in [-0.25, -0.2) is 4.39 Å². The molecular formula is C16H15BrFNO. The van der Waals surface area contributed by atoms with Crippen LogP contribution in [0.15, 0.2) is 59.6 Å². The summed E-state index contributed by atoms with van der Waals surface area (Å²) in [5, 5.41) is 3.07. The zero-order chi connectivity index (χ0) is 14.4. The van der Waals surface area contributed by atoms with Gasteiger partial charge >= 0.3 is 0 Å². The third-order valence-electron chi connectivity index (χ3n) is 2.70. The Bertz CT molecular complexity index is 584. The number of benzene rings is 2. The lowest BCUT2D eigenvalue weighted by Gasteiger charge is -2.09. The lowest BCUT2D eigenvalue weighted by molar-refractivity contribution is 0.363. The number of ether oxygens (including phenoxy) is 1. The number of hydrogen-bond acceptors (Lipinski definition) is 2. The normalized spacial score (nSPS) is 10.1. The molecular weight excluding hydrogens is 321 g/mol. The molecule has 2 aromatic carbocycles. The van der Waals surface area contributed by atoms with Crippen LogP contribution in [-0.4, -0.2) is 6.61 Å². The third-order valence-corrected chi connectivity index (χ3v) is 3.20. The smallest absolute Gasteiger partial charge is 0.146 e. The second kappa shape index (κ2) is 7.10. The average molecular weight is 336 g/mol. The lowest BCUT2D eigenvalue weighted by Crippen LogP contribution is -2.01. The zero-order valence-electron chi connectivity index (χ0n) is 10.9. The Hall–Kier alpha value is -1.81. The minimum Gasteiger partial charge on any atom is -0.490 e. The van der Waals surface area contributed by atoms with E-state index in [1.165, 1.54) is 6.07 Å². The van der Waals surface area contributed by atoms with Crippen LogP contribution in [0.3, 0.4) is 0 Å². The van der Waals surface area contributed by atoms with Crippen molar-refractivity contribution in [2.24, 2.45) is 0 Å². The molecule has 0 radical (unpaired) electrons. The molecule has 0 aliphatic heterocycles. The fourth-order valence-corrected chi connectivity index (χ4v) is 2.05. The van der Waals surface area contributed by atoms with Gasteiger partial charge in [0.2, 0.25) is 0 Å². The van der Waals surface area contributed by atoms with Crippen LogP contribution < -0.4 is 10.1 Å². The summed E-state index contributed by atoms with van der Waals surface area (Å²) in [6, 6.07) is 12.5. The minimum atomic E-state index is -0.265. The molecule has 2 rings (SSSR count). The summed E-state index contributed by atoms with van der Waals surface area (Å²) < 4.78 is 19.8. The predicted octanol–water partition coefficient (Wildman–Crippen LogP) is 4.77. The predicted molar refractivity (Wildman–Crippen MR) is 83.6 cm³/mol. The summed E-state index contributed by atoms with van der Waals surface area (Å²) in [6.07, 6.45) is 1.70. The van der Waals surface area contributed by atoms with Crippen molar-refractivity contribution in [3.63, 3.8) is 0 Å². The molecule has 0 bridgehead atoms. The van der Waals surface area contributed by atoms with E-state index < -0.39 is 0 Å². The highest BCUT2D eigenvalue weighted by molar-refractivity contribution is 9.10. The summed E-state index contributed by atoms with van der Waals surface area (Å²) >= 11 is 3.32. The van der Waals surface area contributed by atoms with Crippen molar-refractivity contribution < 1.29 is 9.13 Å². The van der Waals surface area contributed by atoms with Gasteiger partial charge in [-0.2, -0.15) is 0 Å². The Balaban J connectivity index is 1.96. The van der Waals surface area contributed by atoms with Gasteiger partial charge in [-0.05, 0) is 35.9 Å². The summed E-state index contributed by atoms with van der Waals surface area (Å²) in [5.74, 6) is 0.529. The molecule has 1 N–H and O–H groups in total. The summed E-state index contributed by atoms with van der Waals surface area (Å²) in [5.41, 5.74) is 1.53. The fraction of sp³-hybridized carbons (Fsp3) is 0.125. The molecule has 104 valence electrons. The van der Waals surface area contributed by atoms with E-state index in [2.05, 4.69) is 27.8 Å². The maximum absolute atomic E-state index is 13.6. The summed E-state index contributed by atoms with van der Waals surface area (Å²) in [4.78, 5) is 0. The standard InChI is InChI=1S/C16H15BrFNO/c1-2-9-20-14-6-3-12(4-7-14)11-19-16-10-13(17)5-8-15(16)18/h2-8,10,19H,1,9,11H2. The Labute approximate surface area is 126 Å². The first-order valence-corrected chi connectivity index (χ1v) is 7.00. The molecule has 2 nitrogen and oxygen atoms in total. The van der Waals surface area contributed by atoms with Crippen LogP contribution in [-0.2, 0) is 6.54 Å². The monoisotopic (exact) mass is 335 g/mol. The van der Waals surface area contributed by atoms with Crippen molar-refractivity contribution in [1.82, 2.24) is 0 Å². The Kier molecular flexibility index (Phi) is 5.18. The molecule has 0 aromatic heterocycles. The molecule has 0 amide bonds. The van der Waals surface area contributed by atoms with E-state index in [0.717, 1.165) is 15.8 Å². The molecule has 0 fully saturated rings. The lowest BCUT2D eigenvalue weighted by atomic mass is 10.2. The molecule has 0 saturated heterocycles. The van der Waals surface area contributed by atoms with Crippen molar-refractivity contribution in [1.29, 1.82) is 0 Å². The number of rotatable bonds is 6. The van der Waals surface area contributed by atoms with Crippen LogP contribution >= 0.6 is 15.9 Å². The van der Waals surface area contributed by atoms with E-state index in [0.29, 0.717) is 18.8 Å². The van der Waals surface area contributed by atoms with Crippen LogP contribution in [0.25, 0.3) is 0 Å². The highest BCUT2D eigenvalue weighted by Crippen LogP contribution is 2.21. The van der Waals surface area contributed by atoms with Crippen molar-refractivity contribution >= 4 is 21.6 Å². The van der Waals surface area contributed by atoms with Crippen molar-refractivity contribution in [2.75, 3.05) is 11.9 Å². The van der Waals surface area contributed by atoms with Gasteiger partial charge in [0.05, 0.1) is 5.69 Å². The van der Waals surface area contributed by atoms with Gasteiger partial charge in [0, 0.05) is 11.0 Å². The second-order valence-corrected chi connectivity index (χ2v) is 5.14. The third kappa shape index (κ3) is 4.10. The molecule has 0 heterocycles. The SMILES string of the molecule is C=CCOc1ccc(CNc2cc(Br)ccc2F)cc1. The molecule has 0 aliphatic rings. The van der Waals surface area contributed by atoms with Crippen LogP contribution in [0.5, 0.6) is 5.75 Å². The molecule has 0 saturated carbocycles. The summed E-state index contributed by atoms with van der Waals surface area (Å²) in [6.45, 7) is 4.63. The van der Waals surface area contributed by atoms with Gasteiger partial charge in [0.25, 0.3) is 0 Å². The van der Waals surface area contributed by atoms with E-state index in [-0.39, 0.29) is 5.82 Å². The summed E-state index contributed by atoms with van der Waals surface area (Å²) in [7, 11) is 0. The molecule has 20 heavy (non-hydrogen) atoms. The Morgan fingerprint density at radius 1 is 1.20 bits per heavy atom.